The monoisotopic (exact) mass is 445 g/mol. The molecule has 0 aliphatic rings. The summed E-state index contributed by atoms with van der Waals surface area (Å²) in [7, 11) is -0.298. The Labute approximate surface area is 180 Å². The van der Waals surface area contributed by atoms with Crippen molar-refractivity contribution in [3.63, 3.8) is 0 Å². The van der Waals surface area contributed by atoms with Gasteiger partial charge in [-0.2, -0.15) is 0 Å². The van der Waals surface area contributed by atoms with Crippen LogP contribution >= 0.6 is 0 Å². The van der Waals surface area contributed by atoms with E-state index in [1.54, 1.807) is 44.2 Å². The van der Waals surface area contributed by atoms with Crippen LogP contribution in [0.3, 0.4) is 0 Å². The van der Waals surface area contributed by atoms with Crippen molar-refractivity contribution in [2.45, 2.75) is 30.4 Å². The van der Waals surface area contributed by atoms with E-state index < -0.39 is 15.1 Å². The number of nitrogens with one attached hydrogen (secondary N) is 1. The van der Waals surface area contributed by atoms with E-state index in [0.717, 1.165) is 0 Å². The highest BCUT2D eigenvalue weighted by Gasteiger charge is 2.19. The summed E-state index contributed by atoms with van der Waals surface area (Å²) >= 11 is 0. The summed E-state index contributed by atoms with van der Waals surface area (Å²) in [5.41, 5.74) is 1.26. The maximum atomic E-state index is 12.3. The van der Waals surface area contributed by atoms with E-state index in [-0.39, 0.29) is 29.1 Å². The van der Waals surface area contributed by atoms with Crippen molar-refractivity contribution >= 4 is 21.8 Å². The van der Waals surface area contributed by atoms with Crippen LogP contribution in [-0.4, -0.2) is 44.0 Å². The number of carbonyl (C=O) groups excluding carboxylic acids is 1. The van der Waals surface area contributed by atoms with E-state index in [2.05, 4.69) is 15.5 Å². The molecule has 1 amide bonds. The van der Waals surface area contributed by atoms with E-state index in [1.165, 1.54) is 26.4 Å². The molecule has 0 radical (unpaired) electrons. The molecule has 0 saturated heterocycles. The van der Waals surface area contributed by atoms with Crippen LogP contribution in [-0.2, 0) is 21.1 Å². The first-order valence-corrected chi connectivity index (χ1v) is 11.0. The minimum atomic E-state index is -3.35. The molecule has 3 aromatic rings. The third kappa shape index (κ3) is 5.02. The lowest BCUT2D eigenvalue weighted by Crippen LogP contribution is -2.16. The second-order valence-corrected chi connectivity index (χ2v) is 9.45. The Morgan fingerprint density at radius 2 is 1.71 bits per heavy atom. The van der Waals surface area contributed by atoms with Gasteiger partial charge in [0, 0.05) is 5.56 Å². The second-order valence-electron chi connectivity index (χ2n) is 6.94. The summed E-state index contributed by atoms with van der Waals surface area (Å²) in [6.45, 7) is 3.24. The van der Waals surface area contributed by atoms with Gasteiger partial charge in [0.1, 0.15) is 0 Å². The fourth-order valence-electron chi connectivity index (χ4n) is 2.78. The molecule has 0 aliphatic heterocycles. The fraction of sp³-hybridized carbons (Fsp3) is 0.286. The average molecular weight is 445 g/mol. The van der Waals surface area contributed by atoms with Crippen LogP contribution < -0.4 is 14.8 Å². The van der Waals surface area contributed by atoms with Gasteiger partial charge in [-0.15, -0.1) is 5.10 Å². The van der Waals surface area contributed by atoms with Gasteiger partial charge in [0.05, 0.1) is 30.8 Å². The zero-order chi connectivity index (χ0) is 22.6. The number of methoxy groups -OCH3 is 2. The molecule has 1 aromatic heterocycles. The van der Waals surface area contributed by atoms with Crippen molar-refractivity contribution in [1.82, 2.24) is 10.2 Å². The van der Waals surface area contributed by atoms with E-state index in [1.807, 2.05) is 0 Å². The number of nitrogens with zero attached hydrogens (tertiary/aromatic N) is 2. The molecule has 2 aromatic carbocycles. The number of anilines is 1. The maximum absolute atomic E-state index is 12.3. The number of carbonyl (C=O) groups is 1. The van der Waals surface area contributed by atoms with Crippen LogP contribution in [0.5, 0.6) is 11.5 Å². The molecule has 164 valence electrons. The normalized spacial score (nSPS) is 11.4. The highest BCUT2D eigenvalue weighted by Crippen LogP contribution is 2.32. The molecule has 0 aliphatic carbocycles. The number of amides is 1. The standard InChI is InChI=1S/C21H23N3O6S/c1-13(2)31(26,27)16-8-5-14(6-9-16)11-19(25)22-21-24-23-20(30-21)15-7-10-17(28-3)18(12-15)29-4/h5-10,12-13H,11H2,1-4H3,(H,22,24,25). The van der Waals surface area contributed by atoms with Gasteiger partial charge in [-0.1, -0.05) is 17.2 Å². The van der Waals surface area contributed by atoms with Gasteiger partial charge in [-0.05, 0) is 49.7 Å². The Hall–Kier alpha value is -3.40. The van der Waals surface area contributed by atoms with Crippen molar-refractivity contribution in [2.24, 2.45) is 0 Å². The predicted octanol–water partition coefficient (Wildman–Crippen LogP) is 3.12. The lowest BCUT2D eigenvalue weighted by molar-refractivity contribution is -0.115. The van der Waals surface area contributed by atoms with Gasteiger partial charge < -0.3 is 13.9 Å². The highest BCUT2D eigenvalue weighted by molar-refractivity contribution is 7.92. The van der Waals surface area contributed by atoms with Crippen LogP contribution in [0.15, 0.2) is 51.8 Å². The topological polar surface area (TPSA) is 121 Å². The third-order valence-corrected chi connectivity index (χ3v) is 6.71. The summed E-state index contributed by atoms with van der Waals surface area (Å²) in [5.74, 6) is 0.902. The van der Waals surface area contributed by atoms with Crippen LogP contribution in [0.2, 0.25) is 0 Å². The van der Waals surface area contributed by atoms with Crippen molar-refractivity contribution in [2.75, 3.05) is 19.5 Å². The Bertz CT molecular complexity index is 1170. The Morgan fingerprint density at radius 3 is 2.32 bits per heavy atom. The summed E-state index contributed by atoms with van der Waals surface area (Å²) in [6.07, 6.45) is 0.0239. The van der Waals surface area contributed by atoms with E-state index in [9.17, 15) is 13.2 Å². The average Bonchev–Trinajstić information content (AvgIpc) is 3.21. The summed E-state index contributed by atoms with van der Waals surface area (Å²) in [6, 6.07) is 11.3. The molecule has 1 N–H and O–H groups in total. The minimum absolute atomic E-state index is 0.0239. The van der Waals surface area contributed by atoms with Gasteiger partial charge in [0.15, 0.2) is 21.3 Å². The molecule has 0 unspecified atom stereocenters. The Balaban J connectivity index is 1.67. The van der Waals surface area contributed by atoms with Crippen molar-refractivity contribution in [3.05, 3.63) is 48.0 Å². The van der Waals surface area contributed by atoms with Gasteiger partial charge in [0.25, 0.3) is 0 Å². The van der Waals surface area contributed by atoms with Crippen LogP contribution in [0.4, 0.5) is 6.01 Å². The third-order valence-electron chi connectivity index (χ3n) is 4.54. The van der Waals surface area contributed by atoms with Crippen molar-refractivity contribution in [3.8, 4) is 23.0 Å². The molecular formula is C21H23N3O6S. The van der Waals surface area contributed by atoms with Crippen LogP contribution in [0.1, 0.15) is 19.4 Å². The molecule has 0 fully saturated rings. The first-order valence-electron chi connectivity index (χ1n) is 9.43. The molecule has 31 heavy (non-hydrogen) atoms. The molecule has 0 spiro atoms. The number of aromatic nitrogens is 2. The van der Waals surface area contributed by atoms with Crippen molar-refractivity contribution < 1.29 is 27.1 Å². The summed E-state index contributed by atoms with van der Waals surface area (Å²) in [5, 5.41) is 9.80. The van der Waals surface area contributed by atoms with E-state index in [0.29, 0.717) is 22.6 Å². The van der Waals surface area contributed by atoms with E-state index >= 15 is 0 Å². The first-order chi connectivity index (χ1) is 14.7. The molecule has 0 bridgehead atoms. The fourth-order valence-corrected chi connectivity index (χ4v) is 3.84. The first kappa shape index (κ1) is 22.3. The molecule has 10 heteroatoms. The van der Waals surface area contributed by atoms with Gasteiger partial charge in [-0.3, -0.25) is 10.1 Å². The molecule has 3 rings (SSSR count). The molecule has 0 atom stereocenters. The molecule has 1 heterocycles. The molecule has 9 nitrogen and oxygen atoms in total. The van der Waals surface area contributed by atoms with E-state index in [4.69, 9.17) is 13.9 Å². The quantitative estimate of drug-likeness (QED) is 0.561. The highest BCUT2D eigenvalue weighted by atomic mass is 32.2. The number of sulfone groups is 1. The number of benzene rings is 2. The van der Waals surface area contributed by atoms with Crippen LogP contribution in [0.25, 0.3) is 11.5 Å². The minimum Gasteiger partial charge on any atom is -0.493 e. The zero-order valence-electron chi connectivity index (χ0n) is 17.6. The lowest BCUT2D eigenvalue weighted by Gasteiger charge is -2.08. The SMILES string of the molecule is COc1ccc(-c2nnc(NC(=O)Cc3ccc(S(=O)(=O)C(C)C)cc3)o2)cc1OC. The largest absolute Gasteiger partial charge is 0.493 e. The Kier molecular flexibility index (Phi) is 6.59. The molecular weight excluding hydrogens is 422 g/mol. The molecule has 0 saturated carbocycles. The summed E-state index contributed by atoms with van der Waals surface area (Å²) < 4.78 is 40.3. The van der Waals surface area contributed by atoms with Crippen LogP contribution in [0, 0.1) is 0 Å². The number of hydrogen-bond acceptors (Lipinski definition) is 8. The zero-order valence-corrected chi connectivity index (χ0v) is 18.4. The smallest absolute Gasteiger partial charge is 0.322 e. The second kappa shape index (κ2) is 9.17. The van der Waals surface area contributed by atoms with Gasteiger partial charge in [0.2, 0.25) is 11.8 Å². The number of ether oxygens (including phenoxy) is 2. The van der Waals surface area contributed by atoms with Gasteiger partial charge >= 0.3 is 6.01 Å². The Morgan fingerprint density at radius 1 is 1.03 bits per heavy atom. The van der Waals surface area contributed by atoms with Gasteiger partial charge in [-0.25, -0.2) is 8.42 Å². The summed E-state index contributed by atoms with van der Waals surface area (Å²) in [4.78, 5) is 12.5. The number of hydrogen-bond donors (Lipinski definition) is 1. The number of rotatable bonds is 8. The van der Waals surface area contributed by atoms with Crippen molar-refractivity contribution in [1.29, 1.82) is 0 Å². The lowest BCUT2D eigenvalue weighted by atomic mass is 10.1. The maximum Gasteiger partial charge on any atom is 0.322 e. The predicted molar refractivity (Wildman–Crippen MR) is 114 cm³/mol.